The Morgan fingerprint density at radius 3 is 1.65 bits per heavy atom. The summed E-state index contributed by atoms with van der Waals surface area (Å²) in [4.78, 5) is 0. The number of rotatable bonds is 9. The highest BCUT2D eigenvalue weighted by atomic mass is 127. The fraction of sp³-hybridized carbons (Fsp3) is 0.310. The Balaban J connectivity index is 1.78. The van der Waals surface area contributed by atoms with Crippen LogP contribution in [0.4, 0.5) is 0 Å². The molecule has 0 radical (unpaired) electrons. The van der Waals surface area contributed by atoms with E-state index in [2.05, 4.69) is 124 Å². The molecule has 31 heavy (non-hydrogen) atoms. The molecule has 0 bridgehead atoms. The fourth-order valence-electron chi connectivity index (χ4n) is 4.92. The largest absolute Gasteiger partial charge is 0.354 e. The van der Waals surface area contributed by atoms with E-state index in [1.807, 2.05) is 0 Å². The molecular formula is C29H31IO. The van der Waals surface area contributed by atoms with Crippen molar-refractivity contribution in [3.05, 3.63) is 118 Å². The van der Waals surface area contributed by atoms with Crippen LogP contribution >= 0.6 is 22.6 Å². The van der Waals surface area contributed by atoms with Crippen molar-refractivity contribution < 1.29 is 4.74 Å². The van der Waals surface area contributed by atoms with Gasteiger partial charge in [-0.2, -0.15) is 0 Å². The zero-order valence-corrected chi connectivity index (χ0v) is 20.2. The second-order valence-corrected chi connectivity index (χ2v) is 9.20. The molecule has 1 aliphatic carbocycles. The number of ether oxygens (including phenoxy) is 1. The molecule has 3 aromatic carbocycles. The predicted octanol–water partition coefficient (Wildman–Crippen LogP) is 8.28. The van der Waals surface area contributed by atoms with Gasteiger partial charge in [0.05, 0.1) is 6.10 Å². The van der Waals surface area contributed by atoms with Gasteiger partial charge in [-0.25, -0.2) is 0 Å². The smallest absolute Gasteiger partial charge is 0.144 e. The molecule has 3 aromatic rings. The van der Waals surface area contributed by atoms with E-state index in [0.29, 0.717) is 0 Å². The van der Waals surface area contributed by atoms with E-state index in [-0.39, 0.29) is 6.10 Å². The fourth-order valence-corrected chi connectivity index (χ4v) is 5.39. The minimum absolute atomic E-state index is 0.0538. The summed E-state index contributed by atoms with van der Waals surface area (Å²) in [6, 6.07) is 32.1. The normalized spacial score (nSPS) is 16.0. The van der Waals surface area contributed by atoms with Crippen molar-refractivity contribution >= 4 is 22.6 Å². The standard InChI is InChI=1S/C29H31IO/c30-23-22-28(21-20-24-12-10-11-13-24)31-29(25-14-4-1-5-15-25,26-16-6-2-7-17-26)27-18-8-3-9-19-27/h1-9,14-19,22-24,28H,10-13,20-21H2. The van der Waals surface area contributed by atoms with Crippen molar-refractivity contribution in [3.8, 4) is 0 Å². The minimum Gasteiger partial charge on any atom is -0.354 e. The summed E-state index contributed by atoms with van der Waals surface area (Å²) in [5.41, 5.74) is 2.85. The molecule has 0 heterocycles. The van der Waals surface area contributed by atoms with Crippen molar-refractivity contribution in [2.75, 3.05) is 0 Å². The van der Waals surface area contributed by atoms with E-state index >= 15 is 0 Å². The first-order valence-corrected chi connectivity index (χ1v) is 12.7. The van der Waals surface area contributed by atoms with Crippen LogP contribution in [0.25, 0.3) is 0 Å². The second kappa shape index (κ2) is 11.1. The summed E-state index contributed by atoms with van der Waals surface area (Å²) in [5, 5.41) is 0. The van der Waals surface area contributed by atoms with Crippen LogP contribution in [-0.2, 0) is 10.3 Å². The van der Waals surface area contributed by atoms with Gasteiger partial charge in [-0.15, -0.1) is 0 Å². The molecular weight excluding hydrogens is 491 g/mol. The zero-order chi connectivity index (χ0) is 21.4. The third-order valence-electron chi connectivity index (χ3n) is 6.49. The topological polar surface area (TPSA) is 9.23 Å². The summed E-state index contributed by atoms with van der Waals surface area (Å²) in [5.74, 6) is 0.855. The Kier molecular flexibility index (Phi) is 7.98. The lowest BCUT2D eigenvalue weighted by Crippen LogP contribution is -2.36. The summed E-state index contributed by atoms with van der Waals surface area (Å²) < 4.78 is 9.32. The van der Waals surface area contributed by atoms with Gasteiger partial charge in [-0.3, -0.25) is 0 Å². The maximum Gasteiger partial charge on any atom is 0.144 e. The molecule has 1 fully saturated rings. The van der Waals surface area contributed by atoms with Crippen LogP contribution in [0.5, 0.6) is 0 Å². The summed E-state index contributed by atoms with van der Waals surface area (Å²) in [6.07, 6.45) is 10.1. The molecule has 1 unspecified atom stereocenters. The molecule has 0 aromatic heterocycles. The molecule has 0 N–H and O–H groups in total. The Labute approximate surface area is 200 Å². The first kappa shape index (κ1) is 22.3. The highest BCUT2D eigenvalue weighted by molar-refractivity contribution is 14.1. The van der Waals surface area contributed by atoms with Crippen LogP contribution < -0.4 is 0 Å². The van der Waals surface area contributed by atoms with Crippen molar-refractivity contribution in [1.82, 2.24) is 0 Å². The lowest BCUT2D eigenvalue weighted by molar-refractivity contribution is -0.0298. The number of halogens is 1. The van der Waals surface area contributed by atoms with Gasteiger partial charge in [0.15, 0.2) is 0 Å². The SMILES string of the molecule is IC=CC(CCC1CCCC1)OC(c1ccccc1)(c1ccccc1)c1ccccc1. The van der Waals surface area contributed by atoms with Gasteiger partial charge >= 0.3 is 0 Å². The lowest BCUT2D eigenvalue weighted by Gasteiger charge is -2.38. The van der Waals surface area contributed by atoms with Crippen molar-refractivity contribution in [3.63, 3.8) is 0 Å². The Hall–Kier alpha value is -1.91. The van der Waals surface area contributed by atoms with E-state index in [0.717, 1.165) is 12.3 Å². The zero-order valence-electron chi connectivity index (χ0n) is 18.0. The highest BCUT2D eigenvalue weighted by Crippen LogP contribution is 2.42. The van der Waals surface area contributed by atoms with E-state index in [1.54, 1.807) is 0 Å². The maximum absolute atomic E-state index is 7.21. The van der Waals surface area contributed by atoms with Gasteiger partial charge in [0.1, 0.15) is 5.60 Å². The molecule has 1 nitrogen and oxygen atoms in total. The monoisotopic (exact) mass is 522 g/mol. The van der Waals surface area contributed by atoms with Crippen LogP contribution in [0, 0.1) is 5.92 Å². The van der Waals surface area contributed by atoms with Crippen molar-refractivity contribution in [2.24, 2.45) is 5.92 Å². The van der Waals surface area contributed by atoms with Crippen LogP contribution in [0.2, 0.25) is 0 Å². The van der Waals surface area contributed by atoms with E-state index in [9.17, 15) is 0 Å². The second-order valence-electron chi connectivity index (χ2n) is 8.48. The third kappa shape index (κ3) is 5.30. The molecule has 160 valence electrons. The first-order valence-electron chi connectivity index (χ1n) is 11.4. The Morgan fingerprint density at radius 1 is 0.774 bits per heavy atom. The van der Waals surface area contributed by atoms with Gasteiger partial charge in [0, 0.05) is 0 Å². The molecule has 0 spiro atoms. The number of hydrogen-bond donors (Lipinski definition) is 0. The summed E-state index contributed by atoms with van der Waals surface area (Å²) in [7, 11) is 0. The van der Waals surface area contributed by atoms with Crippen LogP contribution in [0.3, 0.4) is 0 Å². The Morgan fingerprint density at radius 2 is 1.23 bits per heavy atom. The average Bonchev–Trinajstić information content (AvgIpc) is 3.36. The number of benzene rings is 3. The van der Waals surface area contributed by atoms with Crippen molar-refractivity contribution in [2.45, 2.75) is 50.2 Å². The molecule has 1 atom stereocenters. The lowest BCUT2D eigenvalue weighted by atomic mass is 9.79. The van der Waals surface area contributed by atoms with Gasteiger partial charge in [0.2, 0.25) is 0 Å². The van der Waals surface area contributed by atoms with Gasteiger partial charge < -0.3 is 4.74 Å². The van der Waals surface area contributed by atoms with Crippen LogP contribution in [0.1, 0.15) is 55.2 Å². The van der Waals surface area contributed by atoms with E-state index < -0.39 is 5.60 Å². The summed E-state index contributed by atoms with van der Waals surface area (Å²) >= 11 is 2.33. The summed E-state index contributed by atoms with van der Waals surface area (Å²) in [6.45, 7) is 0. The molecule has 4 rings (SSSR count). The maximum atomic E-state index is 7.21. The average molecular weight is 522 g/mol. The molecule has 0 saturated heterocycles. The third-order valence-corrected chi connectivity index (χ3v) is 6.91. The molecule has 2 heteroatoms. The molecule has 1 aliphatic rings. The van der Waals surface area contributed by atoms with E-state index in [4.69, 9.17) is 4.74 Å². The minimum atomic E-state index is -0.653. The Bertz CT molecular complexity index is 834. The quantitative estimate of drug-likeness (QED) is 0.203. The van der Waals surface area contributed by atoms with Crippen LogP contribution in [0.15, 0.2) is 101 Å². The van der Waals surface area contributed by atoms with Gasteiger partial charge in [-0.05, 0) is 45.6 Å². The molecule has 0 aliphatic heterocycles. The number of hydrogen-bond acceptors (Lipinski definition) is 1. The van der Waals surface area contributed by atoms with Crippen LogP contribution in [-0.4, -0.2) is 6.10 Å². The highest BCUT2D eigenvalue weighted by Gasteiger charge is 2.39. The predicted molar refractivity (Wildman–Crippen MR) is 138 cm³/mol. The van der Waals surface area contributed by atoms with Gasteiger partial charge in [0.25, 0.3) is 0 Å². The van der Waals surface area contributed by atoms with Crippen molar-refractivity contribution in [1.29, 1.82) is 0 Å². The molecule has 1 saturated carbocycles. The first-order chi connectivity index (χ1) is 15.3. The van der Waals surface area contributed by atoms with E-state index in [1.165, 1.54) is 48.8 Å². The van der Waals surface area contributed by atoms with Gasteiger partial charge in [-0.1, -0.05) is 139 Å². The molecule has 0 amide bonds.